The first-order chi connectivity index (χ1) is 7.84. The number of hydrogen-bond donors (Lipinski definition) is 2. The van der Waals surface area contributed by atoms with Gasteiger partial charge in [-0.1, -0.05) is 51.4 Å². The van der Waals surface area contributed by atoms with Crippen molar-refractivity contribution in [2.24, 2.45) is 17.2 Å². The highest BCUT2D eigenvalue weighted by atomic mass is 35.5. The zero-order valence-corrected chi connectivity index (χ0v) is 11.9. The third-order valence-corrected chi connectivity index (χ3v) is 3.75. The molecule has 0 bridgehead atoms. The Kier molecular flexibility index (Phi) is 4.99. The number of halogens is 1. The summed E-state index contributed by atoms with van der Waals surface area (Å²) < 4.78 is 0. The van der Waals surface area contributed by atoms with Crippen LogP contribution in [-0.4, -0.2) is 0 Å². The van der Waals surface area contributed by atoms with Crippen LogP contribution in [0.5, 0.6) is 0 Å². The highest BCUT2D eigenvalue weighted by Crippen LogP contribution is 2.33. The summed E-state index contributed by atoms with van der Waals surface area (Å²) in [6.45, 7) is 9.02. The molecule has 1 rings (SSSR count). The molecule has 0 fully saturated rings. The van der Waals surface area contributed by atoms with E-state index in [1.165, 1.54) is 0 Å². The summed E-state index contributed by atoms with van der Waals surface area (Å²) in [5.41, 5.74) is 4.32. The molecule has 2 atom stereocenters. The molecule has 0 aromatic heterocycles. The Labute approximate surface area is 110 Å². The molecule has 0 aliphatic carbocycles. The van der Waals surface area contributed by atoms with E-state index in [9.17, 15) is 0 Å². The Morgan fingerprint density at radius 1 is 1.35 bits per heavy atom. The van der Waals surface area contributed by atoms with Crippen molar-refractivity contribution < 1.29 is 0 Å². The Morgan fingerprint density at radius 2 is 2.00 bits per heavy atom. The van der Waals surface area contributed by atoms with Crippen LogP contribution in [0.15, 0.2) is 24.3 Å². The van der Waals surface area contributed by atoms with Crippen molar-refractivity contribution in [3.63, 3.8) is 0 Å². The lowest BCUT2D eigenvalue weighted by Crippen LogP contribution is -2.31. The van der Waals surface area contributed by atoms with Crippen LogP contribution >= 0.6 is 11.6 Å². The van der Waals surface area contributed by atoms with Crippen molar-refractivity contribution in [1.82, 2.24) is 5.43 Å². The van der Waals surface area contributed by atoms with E-state index in [0.29, 0.717) is 5.92 Å². The fourth-order valence-corrected chi connectivity index (χ4v) is 1.93. The molecular formula is C14H23ClN2. The summed E-state index contributed by atoms with van der Waals surface area (Å²) in [5, 5.41) is 0.756. The van der Waals surface area contributed by atoms with Crippen LogP contribution in [0.2, 0.25) is 5.02 Å². The number of rotatable bonds is 4. The maximum atomic E-state index is 6.00. The van der Waals surface area contributed by atoms with E-state index in [2.05, 4.69) is 39.2 Å². The minimum absolute atomic E-state index is 0.155. The fraction of sp³-hybridized carbons (Fsp3) is 0.571. The molecule has 0 saturated carbocycles. The third kappa shape index (κ3) is 4.30. The van der Waals surface area contributed by atoms with Crippen molar-refractivity contribution in [3.05, 3.63) is 34.9 Å². The molecule has 3 heteroatoms. The molecule has 17 heavy (non-hydrogen) atoms. The van der Waals surface area contributed by atoms with E-state index in [0.717, 1.165) is 17.0 Å². The van der Waals surface area contributed by atoms with Crippen LogP contribution in [0.25, 0.3) is 0 Å². The highest BCUT2D eigenvalue weighted by molar-refractivity contribution is 6.30. The third-order valence-electron chi connectivity index (χ3n) is 3.52. The second-order valence-electron chi connectivity index (χ2n) is 5.78. The van der Waals surface area contributed by atoms with Crippen molar-refractivity contribution in [1.29, 1.82) is 0 Å². The van der Waals surface area contributed by atoms with Gasteiger partial charge < -0.3 is 0 Å². The average molecular weight is 255 g/mol. The number of nitrogens with two attached hydrogens (primary N) is 1. The maximum Gasteiger partial charge on any atom is 0.0463 e. The van der Waals surface area contributed by atoms with E-state index in [4.69, 9.17) is 17.4 Å². The molecule has 96 valence electrons. The standard InChI is InChI=1S/C14H23ClN2/c1-10(14(2,3)4)8-13(17-16)11-6-5-7-12(15)9-11/h5-7,9-10,13,17H,8,16H2,1-4H3. The van der Waals surface area contributed by atoms with Crippen LogP contribution < -0.4 is 11.3 Å². The topological polar surface area (TPSA) is 38.0 Å². The number of benzene rings is 1. The van der Waals surface area contributed by atoms with Gasteiger partial charge >= 0.3 is 0 Å². The Bertz CT molecular complexity index is 357. The van der Waals surface area contributed by atoms with Gasteiger partial charge in [0.05, 0.1) is 0 Å². The van der Waals surface area contributed by atoms with Crippen LogP contribution in [0.4, 0.5) is 0 Å². The van der Waals surface area contributed by atoms with Gasteiger partial charge in [0.15, 0.2) is 0 Å². The van der Waals surface area contributed by atoms with Crippen molar-refractivity contribution in [2.75, 3.05) is 0 Å². The largest absolute Gasteiger partial charge is 0.271 e. The first-order valence-corrected chi connectivity index (χ1v) is 6.44. The second kappa shape index (κ2) is 5.85. The monoisotopic (exact) mass is 254 g/mol. The van der Waals surface area contributed by atoms with Gasteiger partial charge in [0.1, 0.15) is 0 Å². The second-order valence-corrected chi connectivity index (χ2v) is 6.21. The van der Waals surface area contributed by atoms with E-state index >= 15 is 0 Å². The van der Waals surface area contributed by atoms with E-state index in [1.54, 1.807) is 0 Å². The zero-order chi connectivity index (χ0) is 13.1. The minimum atomic E-state index is 0.155. The van der Waals surface area contributed by atoms with E-state index < -0.39 is 0 Å². The lowest BCUT2D eigenvalue weighted by molar-refractivity contribution is 0.223. The fourth-order valence-electron chi connectivity index (χ4n) is 1.73. The minimum Gasteiger partial charge on any atom is -0.271 e. The summed E-state index contributed by atoms with van der Waals surface area (Å²) in [7, 11) is 0. The molecule has 0 saturated heterocycles. The first kappa shape index (κ1) is 14.5. The molecular weight excluding hydrogens is 232 g/mol. The molecule has 0 aliphatic rings. The zero-order valence-electron chi connectivity index (χ0n) is 11.1. The van der Waals surface area contributed by atoms with Gasteiger partial charge in [0.25, 0.3) is 0 Å². The summed E-state index contributed by atoms with van der Waals surface area (Å²) in [6, 6.07) is 8.03. The predicted molar refractivity (Wildman–Crippen MR) is 74.8 cm³/mol. The number of nitrogens with one attached hydrogen (secondary N) is 1. The normalized spacial score (nSPS) is 15.6. The number of hydrogen-bond acceptors (Lipinski definition) is 2. The van der Waals surface area contributed by atoms with E-state index in [-0.39, 0.29) is 11.5 Å². The van der Waals surface area contributed by atoms with Gasteiger partial charge in [-0.25, -0.2) is 0 Å². The summed E-state index contributed by atoms with van der Waals surface area (Å²) in [5.74, 6) is 6.23. The van der Waals surface area contributed by atoms with Gasteiger partial charge in [-0.2, -0.15) is 0 Å². The van der Waals surface area contributed by atoms with Crippen LogP contribution in [0.1, 0.15) is 45.7 Å². The van der Waals surface area contributed by atoms with E-state index in [1.807, 2.05) is 18.2 Å². The highest BCUT2D eigenvalue weighted by Gasteiger charge is 2.23. The summed E-state index contributed by atoms with van der Waals surface area (Å²) in [6.07, 6.45) is 1.00. The van der Waals surface area contributed by atoms with Gasteiger partial charge in [0.2, 0.25) is 0 Å². The Hall–Kier alpha value is -0.570. The SMILES string of the molecule is CC(CC(NN)c1cccc(Cl)c1)C(C)(C)C. The molecule has 0 spiro atoms. The van der Waals surface area contributed by atoms with Gasteiger partial charge in [-0.15, -0.1) is 0 Å². The van der Waals surface area contributed by atoms with Crippen molar-refractivity contribution >= 4 is 11.6 Å². The lowest BCUT2D eigenvalue weighted by Gasteiger charge is -2.30. The van der Waals surface area contributed by atoms with Gasteiger partial charge in [0, 0.05) is 11.1 Å². The lowest BCUT2D eigenvalue weighted by atomic mass is 9.78. The Morgan fingerprint density at radius 3 is 2.47 bits per heavy atom. The van der Waals surface area contributed by atoms with Crippen LogP contribution in [-0.2, 0) is 0 Å². The molecule has 2 nitrogen and oxygen atoms in total. The maximum absolute atomic E-state index is 6.00. The molecule has 3 N–H and O–H groups in total. The van der Waals surface area contributed by atoms with Crippen LogP contribution in [0, 0.1) is 11.3 Å². The predicted octanol–water partition coefficient (Wildman–Crippen LogP) is 3.92. The van der Waals surface area contributed by atoms with Gasteiger partial charge in [-0.3, -0.25) is 11.3 Å². The summed E-state index contributed by atoms with van der Waals surface area (Å²) >= 11 is 6.00. The Balaban J connectivity index is 2.79. The van der Waals surface area contributed by atoms with Gasteiger partial charge in [-0.05, 0) is 35.4 Å². The number of hydrazine groups is 1. The smallest absolute Gasteiger partial charge is 0.0463 e. The van der Waals surface area contributed by atoms with Crippen LogP contribution in [0.3, 0.4) is 0 Å². The molecule has 0 amide bonds. The summed E-state index contributed by atoms with van der Waals surface area (Å²) in [4.78, 5) is 0. The molecule has 2 unspecified atom stereocenters. The molecule has 1 aromatic rings. The molecule has 0 heterocycles. The first-order valence-electron chi connectivity index (χ1n) is 6.06. The quantitative estimate of drug-likeness (QED) is 0.631. The molecule has 0 radical (unpaired) electrons. The van der Waals surface area contributed by atoms with Crippen molar-refractivity contribution in [3.8, 4) is 0 Å². The average Bonchev–Trinajstić information content (AvgIpc) is 2.24. The molecule has 1 aromatic carbocycles. The molecule has 0 aliphatic heterocycles. The van der Waals surface area contributed by atoms with Crippen molar-refractivity contribution in [2.45, 2.75) is 40.2 Å².